The van der Waals surface area contributed by atoms with Crippen LogP contribution in [0.4, 0.5) is 0 Å². The van der Waals surface area contributed by atoms with Crippen molar-refractivity contribution in [3.8, 4) is 0 Å². The van der Waals surface area contributed by atoms with Gasteiger partial charge in [0.05, 0.1) is 0 Å². The number of likely N-dealkylation sites (tertiary alicyclic amines) is 1. The number of thioether (sulfide) groups is 1. The number of rotatable bonds is 2. The molecule has 0 aliphatic carbocycles. The van der Waals surface area contributed by atoms with E-state index in [0.717, 1.165) is 18.2 Å². The maximum Gasteiger partial charge on any atom is 0.0491 e. The summed E-state index contributed by atoms with van der Waals surface area (Å²) in [5.41, 5.74) is 0. The molecule has 0 radical (unpaired) electrons. The van der Waals surface area contributed by atoms with Gasteiger partial charge in [0.1, 0.15) is 0 Å². The molecule has 15 heavy (non-hydrogen) atoms. The standard InChI is InChI=1S/C11H19NOS2/c13-15-8-10-5-11(15)7-12(10)6-9-1-3-14-4-2-9/h9-11H,1-8H2/t10-,11-,15?/m0/s1. The van der Waals surface area contributed by atoms with E-state index in [2.05, 4.69) is 16.7 Å². The third-order valence-corrected chi connectivity index (χ3v) is 6.90. The van der Waals surface area contributed by atoms with Gasteiger partial charge in [0.2, 0.25) is 0 Å². The third-order valence-electron chi connectivity index (χ3n) is 4.05. The quantitative estimate of drug-likeness (QED) is 0.732. The number of nitrogens with zero attached hydrogens (tertiary/aromatic N) is 1. The summed E-state index contributed by atoms with van der Waals surface area (Å²) >= 11 is 2.11. The van der Waals surface area contributed by atoms with Crippen molar-refractivity contribution in [2.75, 3.05) is 30.3 Å². The van der Waals surface area contributed by atoms with Crippen LogP contribution in [0.2, 0.25) is 0 Å². The van der Waals surface area contributed by atoms with Crippen LogP contribution in [0, 0.1) is 5.92 Å². The molecular weight excluding hydrogens is 226 g/mol. The number of hydrogen-bond donors (Lipinski definition) is 0. The molecule has 0 amide bonds. The zero-order valence-electron chi connectivity index (χ0n) is 9.06. The van der Waals surface area contributed by atoms with Gasteiger partial charge in [0.25, 0.3) is 0 Å². The van der Waals surface area contributed by atoms with E-state index in [1.165, 1.54) is 37.3 Å². The van der Waals surface area contributed by atoms with Gasteiger partial charge in [0.15, 0.2) is 0 Å². The predicted octanol–water partition coefficient (Wildman–Crippen LogP) is 1.33. The van der Waals surface area contributed by atoms with Gasteiger partial charge in [-0.25, -0.2) is 0 Å². The molecule has 0 saturated carbocycles. The fourth-order valence-electron chi connectivity index (χ4n) is 3.11. The Kier molecular flexibility index (Phi) is 3.10. The topological polar surface area (TPSA) is 20.3 Å². The fraction of sp³-hybridized carbons (Fsp3) is 1.00. The molecule has 3 atom stereocenters. The molecule has 3 rings (SSSR count). The second-order valence-corrected chi connectivity index (χ2v) is 8.05. The highest BCUT2D eigenvalue weighted by molar-refractivity contribution is 7.99. The van der Waals surface area contributed by atoms with Crippen molar-refractivity contribution in [2.24, 2.45) is 5.92 Å². The Bertz CT molecular complexity index is 265. The second kappa shape index (κ2) is 4.38. The van der Waals surface area contributed by atoms with E-state index in [1.54, 1.807) is 0 Å². The summed E-state index contributed by atoms with van der Waals surface area (Å²) in [7, 11) is -0.484. The summed E-state index contributed by atoms with van der Waals surface area (Å²) in [6, 6.07) is 0.672. The van der Waals surface area contributed by atoms with Crippen LogP contribution in [0.5, 0.6) is 0 Å². The molecule has 2 bridgehead atoms. The number of hydrogen-bond acceptors (Lipinski definition) is 3. The summed E-state index contributed by atoms with van der Waals surface area (Å²) in [5, 5.41) is 0.521. The van der Waals surface area contributed by atoms with Gasteiger partial charge in [-0.3, -0.25) is 9.11 Å². The van der Waals surface area contributed by atoms with Gasteiger partial charge in [0, 0.05) is 40.9 Å². The van der Waals surface area contributed by atoms with Crippen LogP contribution in [0.15, 0.2) is 0 Å². The molecule has 3 fully saturated rings. The molecule has 3 aliphatic heterocycles. The van der Waals surface area contributed by atoms with E-state index in [-0.39, 0.29) is 0 Å². The lowest BCUT2D eigenvalue weighted by Crippen LogP contribution is -2.41. The first kappa shape index (κ1) is 10.6. The average Bonchev–Trinajstić information content (AvgIpc) is 2.78. The SMILES string of the molecule is O=S1C[C@@H]2C[C@H]1CN2CC1CCSCC1. The maximum atomic E-state index is 11.6. The molecule has 86 valence electrons. The molecule has 0 aromatic heterocycles. The summed E-state index contributed by atoms with van der Waals surface area (Å²) in [6.45, 7) is 2.42. The Morgan fingerprint density at radius 1 is 1.33 bits per heavy atom. The van der Waals surface area contributed by atoms with Gasteiger partial charge < -0.3 is 0 Å². The maximum absolute atomic E-state index is 11.6. The van der Waals surface area contributed by atoms with Gasteiger partial charge >= 0.3 is 0 Å². The first-order chi connectivity index (χ1) is 7.33. The van der Waals surface area contributed by atoms with Crippen molar-refractivity contribution in [3.05, 3.63) is 0 Å². The average molecular weight is 245 g/mol. The van der Waals surface area contributed by atoms with Crippen molar-refractivity contribution in [1.29, 1.82) is 0 Å². The minimum Gasteiger partial charge on any atom is -0.298 e. The van der Waals surface area contributed by atoms with Crippen LogP contribution in [0.3, 0.4) is 0 Å². The summed E-state index contributed by atoms with van der Waals surface area (Å²) in [4.78, 5) is 2.63. The molecule has 3 saturated heterocycles. The molecule has 1 unspecified atom stereocenters. The van der Waals surface area contributed by atoms with Crippen LogP contribution in [-0.4, -0.2) is 50.7 Å². The Morgan fingerprint density at radius 3 is 2.73 bits per heavy atom. The third kappa shape index (κ3) is 2.13. The van der Waals surface area contributed by atoms with Crippen LogP contribution >= 0.6 is 11.8 Å². The van der Waals surface area contributed by atoms with E-state index in [0.29, 0.717) is 11.3 Å². The highest BCUT2D eigenvalue weighted by Gasteiger charge is 2.43. The molecule has 3 heterocycles. The Balaban J connectivity index is 1.54. The van der Waals surface area contributed by atoms with Crippen molar-refractivity contribution < 1.29 is 4.21 Å². The van der Waals surface area contributed by atoms with Crippen molar-refractivity contribution in [2.45, 2.75) is 30.6 Å². The lowest BCUT2D eigenvalue weighted by molar-refractivity contribution is 0.217. The molecule has 0 aromatic carbocycles. The molecule has 0 aromatic rings. The summed E-state index contributed by atoms with van der Waals surface area (Å²) in [5.74, 6) is 4.61. The predicted molar refractivity (Wildman–Crippen MR) is 66.8 cm³/mol. The monoisotopic (exact) mass is 245 g/mol. The molecule has 3 aliphatic rings. The minimum atomic E-state index is -0.484. The zero-order valence-corrected chi connectivity index (χ0v) is 10.7. The Hall–Kier alpha value is 0.460. The summed E-state index contributed by atoms with van der Waals surface area (Å²) < 4.78 is 11.6. The highest BCUT2D eigenvalue weighted by atomic mass is 32.2. The van der Waals surface area contributed by atoms with E-state index in [9.17, 15) is 4.21 Å². The van der Waals surface area contributed by atoms with Crippen molar-refractivity contribution >= 4 is 22.6 Å². The Morgan fingerprint density at radius 2 is 2.13 bits per heavy atom. The number of fused-ring (bicyclic) bond motifs is 2. The fourth-order valence-corrected chi connectivity index (χ4v) is 6.11. The zero-order chi connectivity index (χ0) is 10.3. The van der Waals surface area contributed by atoms with E-state index in [4.69, 9.17) is 0 Å². The smallest absolute Gasteiger partial charge is 0.0491 e. The Labute approximate surface area is 98.6 Å². The molecule has 2 nitrogen and oxygen atoms in total. The normalized spacial score (nSPS) is 42.5. The lowest BCUT2D eigenvalue weighted by atomic mass is 10.0. The van der Waals surface area contributed by atoms with E-state index >= 15 is 0 Å². The van der Waals surface area contributed by atoms with Gasteiger partial charge in [-0.2, -0.15) is 11.8 Å². The summed E-state index contributed by atoms with van der Waals surface area (Å²) in [6.07, 6.45) is 4.03. The van der Waals surface area contributed by atoms with Crippen LogP contribution < -0.4 is 0 Å². The van der Waals surface area contributed by atoms with Crippen molar-refractivity contribution in [3.63, 3.8) is 0 Å². The second-order valence-electron chi connectivity index (χ2n) is 5.07. The van der Waals surface area contributed by atoms with Gasteiger partial charge in [-0.05, 0) is 36.7 Å². The molecule has 0 spiro atoms. The first-order valence-electron chi connectivity index (χ1n) is 6.02. The first-order valence-corrected chi connectivity index (χ1v) is 8.55. The van der Waals surface area contributed by atoms with Crippen LogP contribution in [-0.2, 0) is 10.8 Å². The molecule has 4 heteroatoms. The lowest BCUT2D eigenvalue weighted by Gasteiger charge is -2.31. The van der Waals surface area contributed by atoms with Crippen molar-refractivity contribution in [1.82, 2.24) is 4.90 Å². The molecular formula is C11H19NOS2. The highest BCUT2D eigenvalue weighted by Crippen LogP contribution is 2.33. The van der Waals surface area contributed by atoms with Crippen LogP contribution in [0.25, 0.3) is 0 Å². The minimum absolute atomic E-state index is 0.484. The van der Waals surface area contributed by atoms with Gasteiger partial charge in [-0.1, -0.05) is 0 Å². The largest absolute Gasteiger partial charge is 0.298 e. The van der Waals surface area contributed by atoms with Crippen LogP contribution in [0.1, 0.15) is 19.3 Å². The molecule has 0 N–H and O–H groups in total. The van der Waals surface area contributed by atoms with E-state index in [1.807, 2.05) is 0 Å². The van der Waals surface area contributed by atoms with E-state index < -0.39 is 10.8 Å². The van der Waals surface area contributed by atoms with Gasteiger partial charge in [-0.15, -0.1) is 0 Å².